The van der Waals surface area contributed by atoms with Crippen LogP contribution in [0.4, 0.5) is 0 Å². The average Bonchev–Trinajstić information content (AvgIpc) is 2.78. The second-order valence-corrected chi connectivity index (χ2v) is 7.76. The van der Waals surface area contributed by atoms with E-state index in [0.29, 0.717) is 42.8 Å². The molecule has 0 spiro atoms. The topological polar surface area (TPSA) is 75.7 Å². The van der Waals surface area contributed by atoms with Gasteiger partial charge in [0.2, 0.25) is 5.91 Å². The van der Waals surface area contributed by atoms with E-state index in [1.807, 2.05) is 19.1 Å². The number of piperidine rings is 1. The summed E-state index contributed by atoms with van der Waals surface area (Å²) < 4.78 is 5.13. The summed E-state index contributed by atoms with van der Waals surface area (Å²) in [6.07, 6.45) is 1.24. The van der Waals surface area contributed by atoms with Crippen molar-refractivity contribution in [3.63, 3.8) is 0 Å². The lowest BCUT2D eigenvalue weighted by Gasteiger charge is -2.33. The van der Waals surface area contributed by atoms with E-state index in [2.05, 4.69) is 5.32 Å². The summed E-state index contributed by atoms with van der Waals surface area (Å²) in [7, 11) is 1.59. The van der Waals surface area contributed by atoms with Crippen LogP contribution in [-0.4, -0.2) is 48.7 Å². The maximum absolute atomic E-state index is 12.8. The molecular weight excluding hydrogens is 380 g/mol. The Morgan fingerprint density at radius 1 is 1.03 bits per heavy atom. The summed E-state index contributed by atoms with van der Waals surface area (Å²) in [5, 5.41) is 2.78. The van der Waals surface area contributed by atoms with Gasteiger partial charge in [-0.2, -0.15) is 0 Å². The normalized spacial score (nSPS) is 15.4. The van der Waals surface area contributed by atoms with Crippen LogP contribution < -0.4 is 10.1 Å². The fourth-order valence-electron chi connectivity index (χ4n) is 3.75. The Labute approximate surface area is 177 Å². The third-order valence-electron chi connectivity index (χ3n) is 5.55. The van der Waals surface area contributed by atoms with Gasteiger partial charge in [0, 0.05) is 30.1 Å². The largest absolute Gasteiger partial charge is 0.497 e. The maximum atomic E-state index is 12.8. The smallest absolute Gasteiger partial charge is 0.251 e. The number of methoxy groups -OCH3 is 1. The number of hydrogen-bond acceptors (Lipinski definition) is 4. The minimum absolute atomic E-state index is 0.0976. The zero-order valence-electron chi connectivity index (χ0n) is 17.7. The third kappa shape index (κ3) is 5.06. The fourth-order valence-corrected chi connectivity index (χ4v) is 3.75. The number of rotatable bonds is 6. The fraction of sp³-hybridized carbons (Fsp3) is 0.375. The summed E-state index contributed by atoms with van der Waals surface area (Å²) in [6, 6.07) is 13.8. The Kier molecular flexibility index (Phi) is 6.87. The summed E-state index contributed by atoms with van der Waals surface area (Å²) in [4.78, 5) is 39.6. The molecule has 1 heterocycles. The first-order chi connectivity index (χ1) is 14.4. The lowest BCUT2D eigenvalue weighted by atomic mass is 9.88. The van der Waals surface area contributed by atoms with Gasteiger partial charge in [-0.15, -0.1) is 0 Å². The van der Waals surface area contributed by atoms with Gasteiger partial charge in [-0.05, 0) is 63.1 Å². The molecule has 158 valence electrons. The highest BCUT2D eigenvalue weighted by Crippen LogP contribution is 2.23. The molecule has 2 aromatic carbocycles. The molecule has 1 aliphatic rings. The first-order valence-electron chi connectivity index (χ1n) is 10.2. The van der Waals surface area contributed by atoms with E-state index in [1.54, 1.807) is 55.3 Å². The summed E-state index contributed by atoms with van der Waals surface area (Å²) >= 11 is 0. The Morgan fingerprint density at radius 2 is 1.70 bits per heavy atom. The van der Waals surface area contributed by atoms with E-state index in [-0.39, 0.29) is 23.5 Å². The predicted molar refractivity (Wildman–Crippen MR) is 115 cm³/mol. The molecule has 6 nitrogen and oxygen atoms in total. The van der Waals surface area contributed by atoms with Gasteiger partial charge >= 0.3 is 0 Å². The van der Waals surface area contributed by atoms with Gasteiger partial charge in [0.25, 0.3) is 5.91 Å². The van der Waals surface area contributed by atoms with E-state index in [0.717, 1.165) is 5.56 Å². The summed E-state index contributed by atoms with van der Waals surface area (Å²) in [6.45, 7) is 4.64. The predicted octanol–water partition coefficient (Wildman–Crippen LogP) is 3.24. The molecule has 0 saturated carbocycles. The van der Waals surface area contributed by atoms with Gasteiger partial charge in [0.1, 0.15) is 11.8 Å². The molecule has 1 fully saturated rings. The molecule has 0 bridgehead atoms. The lowest BCUT2D eigenvalue weighted by Crippen LogP contribution is -2.49. The second kappa shape index (κ2) is 9.57. The van der Waals surface area contributed by atoms with E-state index in [1.165, 1.54) is 0 Å². The number of Topliss-reactive ketones (excluding diaryl/α,β-unsaturated/α-hetero) is 1. The number of nitrogens with one attached hydrogen (secondary N) is 1. The van der Waals surface area contributed by atoms with Crippen molar-refractivity contribution in [2.45, 2.75) is 32.7 Å². The minimum atomic E-state index is -0.619. The van der Waals surface area contributed by atoms with Gasteiger partial charge in [0.15, 0.2) is 5.78 Å². The average molecular weight is 408 g/mol. The van der Waals surface area contributed by atoms with Crippen molar-refractivity contribution >= 4 is 17.6 Å². The van der Waals surface area contributed by atoms with Gasteiger partial charge in [-0.1, -0.05) is 17.7 Å². The molecule has 0 aliphatic carbocycles. The molecule has 1 atom stereocenters. The van der Waals surface area contributed by atoms with Crippen LogP contribution in [0.3, 0.4) is 0 Å². The number of hydrogen-bond donors (Lipinski definition) is 1. The van der Waals surface area contributed by atoms with Crippen LogP contribution in [0.15, 0.2) is 48.5 Å². The molecule has 0 aromatic heterocycles. The van der Waals surface area contributed by atoms with E-state index < -0.39 is 6.04 Å². The molecule has 1 saturated heterocycles. The van der Waals surface area contributed by atoms with Crippen LogP contribution in [0, 0.1) is 12.8 Å². The summed E-state index contributed by atoms with van der Waals surface area (Å²) in [5.74, 6) is 0.342. The first kappa shape index (κ1) is 21.6. The molecular formula is C24H28N2O4. The quantitative estimate of drug-likeness (QED) is 0.745. The van der Waals surface area contributed by atoms with Gasteiger partial charge in [0.05, 0.1) is 7.11 Å². The highest BCUT2D eigenvalue weighted by Gasteiger charge is 2.30. The van der Waals surface area contributed by atoms with Gasteiger partial charge < -0.3 is 15.0 Å². The number of ketones is 1. The molecule has 0 unspecified atom stereocenters. The lowest BCUT2D eigenvalue weighted by molar-refractivity contribution is -0.134. The van der Waals surface area contributed by atoms with Crippen molar-refractivity contribution in [1.82, 2.24) is 10.2 Å². The van der Waals surface area contributed by atoms with E-state index in [4.69, 9.17) is 4.74 Å². The van der Waals surface area contributed by atoms with Crippen LogP contribution in [-0.2, 0) is 4.79 Å². The zero-order chi connectivity index (χ0) is 21.7. The first-order valence-corrected chi connectivity index (χ1v) is 10.2. The second-order valence-electron chi connectivity index (χ2n) is 7.76. The van der Waals surface area contributed by atoms with Gasteiger partial charge in [-0.3, -0.25) is 14.4 Å². The number of ether oxygens (including phenoxy) is 1. The standard InChI is InChI=1S/C24H28N2O4/c1-16-5-4-6-20(15-16)23(28)25-17(2)24(29)26-13-11-19(12-14-26)22(27)18-7-9-21(30-3)10-8-18/h4-10,15,17,19H,11-14H2,1-3H3,(H,25,28)/t17-/m1/s1. The van der Waals surface area contributed by atoms with Crippen LogP contribution in [0.5, 0.6) is 5.75 Å². The molecule has 6 heteroatoms. The minimum Gasteiger partial charge on any atom is -0.497 e. The highest BCUT2D eigenvalue weighted by molar-refractivity contribution is 5.99. The number of carbonyl (C=O) groups is 3. The highest BCUT2D eigenvalue weighted by atomic mass is 16.5. The number of amides is 2. The molecule has 2 aromatic rings. The van der Waals surface area contributed by atoms with Crippen LogP contribution in [0.1, 0.15) is 46.0 Å². The van der Waals surface area contributed by atoms with Crippen molar-refractivity contribution in [2.24, 2.45) is 5.92 Å². The monoisotopic (exact) mass is 408 g/mol. The number of likely N-dealkylation sites (tertiary alicyclic amines) is 1. The van der Waals surface area contributed by atoms with Crippen molar-refractivity contribution in [1.29, 1.82) is 0 Å². The van der Waals surface area contributed by atoms with Crippen molar-refractivity contribution < 1.29 is 19.1 Å². The number of aryl methyl sites for hydroxylation is 1. The number of benzene rings is 2. The Balaban J connectivity index is 1.52. The SMILES string of the molecule is COc1ccc(C(=O)C2CCN(C(=O)[C@@H](C)NC(=O)c3cccc(C)c3)CC2)cc1. The molecule has 1 aliphatic heterocycles. The van der Waals surface area contributed by atoms with Crippen molar-refractivity contribution in [3.8, 4) is 5.75 Å². The Bertz CT molecular complexity index is 915. The van der Waals surface area contributed by atoms with Gasteiger partial charge in [-0.25, -0.2) is 0 Å². The van der Waals surface area contributed by atoms with E-state index in [9.17, 15) is 14.4 Å². The van der Waals surface area contributed by atoms with Crippen LogP contribution in [0.25, 0.3) is 0 Å². The summed E-state index contributed by atoms with van der Waals surface area (Å²) in [5.41, 5.74) is 2.20. The van der Waals surface area contributed by atoms with Crippen LogP contribution in [0.2, 0.25) is 0 Å². The van der Waals surface area contributed by atoms with Crippen LogP contribution >= 0.6 is 0 Å². The van der Waals surface area contributed by atoms with Crippen molar-refractivity contribution in [3.05, 3.63) is 65.2 Å². The molecule has 30 heavy (non-hydrogen) atoms. The molecule has 3 rings (SSSR count). The zero-order valence-corrected chi connectivity index (χ0v) is 17.7. The molecule has 0 radical (unpaired) electrons. The van der Waals surface area contributed by atoms with E-state index >= 15 is 0 Å². The Hall–Kier alpha value is -3.15. The third-order valence-corrected chi connectivity index (χ3v) is 5.55. The molecule has 2 amide bonds. The molecule has 1 N–H and O–H groups in total. The maximum Gasteiger partial charge on any atom is 0.251 e. The number of carbonyl (C=O) groups excluding carboxylic acids is 3. The van der Waals surface area contributed by atoms with Crippen molar-refractivity contribution in [2.75, 3.05) is 20.2 Å². The Morgan fingerprint density at radius 3 is 2.30 bits per heavy atom. The number of nitrogens with zero attached hydrogens (tertiary/aromatic N) is 1.